The molecule has 446 valence electrons. The zero-order chi connectivity index (χ0) is 56.6. The van der Waals surface area contributed by atoms with Crippen LogP contribution in [0.1, 0.15) is 106 Å². The van der Waals surface area contributed by atoms with Crippen molar-refractivity contribution in [3.05, 3.63) is 12.2 Å². The Hall–Kier alpha value is -1.22. The zero-order valence-corrected chi connectivity index (χ0v) is 45.3. The highest BCUT2D eigenvalue weighted by atomic mass is 17.1. The molecular weight excluding hydrogens is 1020 g/mol. The number of hydrogen-bond donors (Lipinski definition) is 15. The molecule has 4 saturated heterocycles. The molecule has 4 saturated carbocycles. The third-order valence-electron chi connectivity index (χ3n) is 20.9. The molecule has 0 aromatic carbocycles. The van der Waals surface area contributed by atoms with Crippen molar-refractivity contribution in [3.63, 3.8) is 0 Å². The summed E-state index contributed by atoms with van der Waals surface area (Å²) in [6.45, 7) is 16.4. The number of fused-ring (bicyclic) bond motifs is 5. The van der Waals surface area contributed by atoms with Gasteiger partial charge in [-0.2, -0.15) is 0 Å². The van der Waals surface area contributed by atoms with Gasteiger partial charge in [0, 0.05) is 0 Å². The van der Waals surface area contributed by atoms with Crippen molar-refractivity contribution in [3.8, 4) is 0 Å². The van der Waals surface area contributed by atoms with Gasteiger partial charge in [-0.3, -0.25) is 5.26 Å². The van der Waals surface area contributed by atoms with Crippen LogP contribution in [-0.2, 0) is 42.8 Å². The van der Waals surface area contributed by atoms with E-state index in [0.29, 0.717) is 37.7 Å². The van der Waals surface area contributed by atoms with Gasteiger partial charge in [-0.05, 0) is 123 Å². The van der Waals surface area contributed by atoms with Crippen molar-refractivity contribution in [2.75, 3.05) is 26.4 Å². The van der Waals surface area contributed by atoms with Gasteiger partial charge in [0.05, 0.1) is 44.2 Å². The molecule has 30 atom stereocenters. The number of hydrogen-bond acceptors (Lipinski definition) is 24. The normalized spacial score (nSPS) is 52.2. The minimum absolute atomic E-state index is 0.00685. The summed E-state index contributed by atoms with van der Waals surface area (Å²) in [6.07, 6.45) is -27.5. The van der Waals surface area contributed by atoms with Gasteiger partial charge >= 0.3 is 0 Å². The van der Waals surface area contributed by atoms with E-state index >= 15 is 0 Å². The highest BCUT2D eigenvalue weighted by Gasteiger charge is 2.72. The average molecular weight is 1110 g/mol. The van der Waals surface area contributed by atoms with Crippen molar-refractivity contribution in [2.45, 2.75) is 247 Å². The van der Waals surface area contributed by atoms with Crippen molar-refractivity contribution in [1.29, 1.82) is 0 Å². The van der Waals surface area contributed by atoms with E-state index in [4.69, 9.17) is 42.8 Å². The van der Waals surface area contributed by atoms with Crippen LogP contribution in [0.4, 0.5) is 0 Å². The molecule has 24 heteroatoms. The van der Waals surface area contributed by atoms with Crippen molar-refractivity contribution >= 4 is 0 Å². The minimum atomic E-state index is -1.83. The first kappa shape index (κ1) is 61.8. The molecule has 15 N–H and O–H groups in total. The standard InChI is InChI=1S/C53H90O24/c1-22(2)26(77-68)10-16-53(8,76-47-43(67)39(63)37(61)29(73-47)21-70-45-41(65)34(58)25(57)20-69-45)23-9-14-52(7)33(23)24(56)17-31-50(5)13-12-32(49(3,4)30(50)11-15-51(31,52)6)74-48-44(40(64)36(60)28(19-55)72-48)75-46-42(66)38(62)35(59)27(18-54)71-46/h23-48,54-68H,1,9-21H2,2-8H3. The van der Waals surface area contributed by atoms with Crippen LogP contribution in [-0.4, -0.2) is 244 Å². The van der Waals surface area contributed by atoms with E-state index < -0.39 is 177 Å². The summed E-state index contributed by atoms with van der Waals surface area (Å²) in [5.74, 6) is -0.762. The maximum Gasteiger partial charge on any atom is 0.187 e. The smallest absolute Gasteiger partial charge is 0.187 e. The van der Waals surface area contributed by atoms with Gasteiger partial charge in [0.1, 0.15) is 97.7 Å². The Kier molecular flexibility index (Phi) is 18.8. The van der Waals surface area contributed by atoms with Crippen molar-refractivity contribution in [2.24, 2.45) is 45.3 Å². The maximum atomic E-state index is 12.9. The molecule has 8 rings (SSSR count). The fourth-order valence-electron chi connectivity index (χ4n) is 16.1. The van der Waals surface area contributed by atoms with Crippen LogP contribution in [0.25, 0.3) is 0 Å². The lowest BCUT2D eigenvalue weighted by molar-refractivity contribution is -0.378. The lowest BCUT2D eigenvalue weighted by atomic mass is 9.35. The Labute approximate surface area is 449 Å². The predicted octanol–water partition coefficient (Wildman–Crippen LogP) is -2.10. The Morgan fingerprint density at radius 3 is 1.82 bits per heavy atom. The summed E-state index contributed by atoms with van der Waals surface area (Å²) in [7, 11) is 0. The molecule has 0 radical (unpaired) electrons. The molecule has 30 unspecified atom stereocenters. The minimum Gasteiger partial charge on any atom is -0.394 e. The van der Waals surface area contributed by atoms with E-state index in [9.17, 15) is 76.7 Å². The van der Waals surface area contributed by atoms with E-state index in [-0.39, 0.29) is 48.0 Å². The molecule has 0 bridgehead atoms. The van der Waals surface area contributed by atoms with Gasteiger partial charge in [-0.15, -0.1) is 0 Å². The molecule has 0 spiro atoms. The summed E-state index contributed by atoms with van der Waals surface area (Å²) in [4.78, 5) is 4.85. The molecule has 0 aromatic heterocycles. The zero-order valence-electron chi connectivity index (χ0n) is 45.3. The second kappa shape index (κ2) is 23.4. The van der Waals surface area contributed by atoms with Gasteiger partial charge in [0.2, 0.25) is 0 Å². The SMILES string of the molecule is C=C(C)C(CCC(C)(OC1OC(COC2OCC(O)C(O)C2O)C(O)C(O)C1O)C1CCC2(C)C1C(O)CC1C3(C)CCC(OC4OC(CO)C(O)C(O)C4OC4OC(CO)C(O)C(O)C4O)C(C)(C)C3CCC12C)OO. The summed E-state index contributed by atoms with van der Waals surface area (Å²) in [5, 5.41) is 161. The fourth-order valence-corrected chi connectivity index (χ4v) is 16.1. The average Bonchev–Trinajstić information content (AvgIpc) is 4.03. The number of aliphatic hydroxyl groups is 14. The second-order valence-corrected chi connectivity index (χ2v) is 25.5. The third-order valence-corrected chi connectivity index (χ3v) is 20.9. The molecule has 4 heterocycles. The molecule has 8 aliphatic rings. The van der Waals surface area contributed by atoms with Gasteiger partial charge in [0.25, 0.3) is 0 Å². The molecule has 0 amide bonds. The molecule has 8 fully saturated rings. The van der Waals surface area contributed by atoms with Crippen LogP contribution in [0.15, 0.2) is 12.2 Å². The first-order valence-electron chi connectivity index (χ1n) is 27.6. The molecule has 0 aromatic rings. The van der Waals surface area contributed by atoms with Crippen molar-refractivity contribution < 1.29 is 120 Å². The second-order valence-electron chi connectivity index (χ2n) is 25.5. The number of aliphatic hydroxyl groups excluding tert-OH is 14. The van der Waals surface area contributed by atoms with Crippen LogP contribution >= 0.6 is 0 Å². The van der Waals surface area contributed by atoms with E-state index in [1.165, 1.54) is 0 Å². The Balaban J connectivity index is 1.02. The Morgan fingerprint density at radius 1 is 0.623 bits per heavy atom. The first-order valence-corrected chi connectivity index (χ1v) is 27.6. The summed E-state index contributed by atoms with van der Waals surface area (Å²) in [6, 6.07) is 0. The van der Waals surface area contributed by atoms with E-state index in [1.54, 1.807) is 6.92 Å². The van der Waals surface area contributed by atoms with Crippen LogP contribution in [0.3, 0.4) is 0 Å². The molecule has 24 nitrogen and oxygen atoms in total. The summed E-state index contributed by atoms with van der Waals surface area (Å²) < 4.78 is 48.6. The van der Waals surface area contributed by atoms with Gasteiger partial charge in [0.15, 0.2) is 25.2 Å². The fraction of sp³-hybridized carbons (Fsp3) is 0.962. The summed E-state index contributed by atoms with van der Waals surface area (Å²) in [5.41, 5.74) is -2.50. The van der Waals surface area contributed by atoms with Crippen LogP contribution < -0.4 is 0 Å². The van der Waals surface area contributed by atoms with Gasteiger partial charge < -0.3 is 109 Å². The first-order chi connectivity index (χ1) is 36.0. The van der Waals surface area contributed by atoms with Crippen LogP contribution in [0, 0.1) is 45.3 Å². The van der Waals surface area contributed by atoms with Gasteiger partial charge in [-0.25, -0.2) is 4.89 Å². The molecule has 4 aliphatic carbocycles. The van der Waals surface area contributed by atoms with E-state index in [1.807, 2.05) is 6.92 Å². The quantitative estimate of drug-likeness (QED) is 0.0321. The largest absolute Gasteiger partial charge is 0.394 e. The topological polar surface area (TPSA) is 387 Å². The van der Waals surface area contributed by atoms with Crippen molar-refractivity contribution in [1.82, 2.24) is 0 Å². The number of ether oxygens (including phenoxy) is 8. The van der Waals surface area contributed by atoms with Gasteiger partial charge in [-0.1, -0.05) is 41.2 Å². The molecule has 4 aliphatic heterocycles. The molecular formula is C53H90O24. The lowest BCUT2D eigenvalue weighted by Crippen LogP contribution is -2.68. The highest BCUT2D eigenvalue weighted by Crippen LogP contribution is 2.76. The third kappa shape index (κ3) is 10.9. The van der Waals surface area contributed by atoms with E-state index in [0.717, 1.165) is 12.8 Å². The molecule has 77 heavy (non-hydrogen) atoms. The predicted molar refractivity (Wildman–Crippen MR) is 263 cm³/mol. The van der Waals surface area contributed by atoms with Crippen LogP contribution in [0.2, 0.25) is 0 Å². The highest BCUT2D eigenvalue weighted by molar-refractivity contribution is 5.20. The van der Waals surface area contributed by atoms with E-state index in [2.05, 4.69) is 41.2 Å². The van der Waals surface area contributed by atoms with Crippen LogP contribution in [0.5, 0.6) is 0 Å². The monoisotopic (exact) mass is 1110 g/mol. The summed E-state index contributed by atoms with van der Waals surface area (Å²) >= 11 is 0. The Bertz CT molecular complexity index is 1990. The lowest BCUT2D eigenvalue weighted by Gasteiger charge is -2.71. The number of rotatable bonds is 17. The Morgan fingerprint density at radius 2 is 1.19 bits per heavy atom. The maximum absolute atomic E-state index is 12.9.